The summed E-state index contributed by atoms with van der Waals surface area (Å²) in [6, 6.07) is 0. The Morgan fingerprint density at radius 2 is 1.91 bits per heavy atom. The average Bonchev–Trinajstić information content (AvgIpc) is 2.60. The largest absolute Gasteiger partial charge is 0.462 e. The van der Waals surface area contributed by atoms with Crippen molar-refractivity contribution >= 4 is 28.4 Å². The summed E-state index contributed by atoms with van der Waals surface area (Å²) < 4.78 is 10.5. The number of rotatable bonds is 2. The van der Waals surface area contributed by atoms with Gasteiger partial charge in [0.1, 0.15) is 10.6 Å². The van der Waals surface area contributed by atoms with Crippen molar-refractivity contribution < 1.29 is 19.1 Å². The molecule has 0 saturated heterocycles. The molecule has 1 aliphatic rings. The van der Waals surface area contributed by atoms with Crippen molar-refractivity contribution in [2.75, 3.05) is 25.4 Å². The number of thiophene rings is 1. The number of nitrogens with two attached hydrogens (primary N) is 1. The third-order valence-corrected chi connectivity index (χ3v) is 4.61. The lowest BCUT2D eigenvalue weighted by molar-refractivity contribution is 0.0258. The first-order valence-corrected chi connectivity index (χ1v) is 8.59. The number of fused-ring (bicyclic) bond motifs is 1. The molecule has 0 radical (unpaired) electrons. The third kappa shape index (κ3) is 4.16. The number of esters is 1. The van der Waals surface area contributed by atoms with Crippen LogP contribution in [0.5, 0.6) is 0 Å². The molecule has 2 rings (SSSR count). The Bertz CT molecular complexity index is 604. The van der Waals surface area contributed by atoms with E-state index in [1.807, 2.05) is 20.8 Å². The van der Waals surface area contributed by atoms with Crippen LogP contribution in [0.15, 0.2) is 0 Å². The van der Waals surface area contributed by atoms with Crippen LogP contribution in [0.25, 0.3) is 0 Å². The van der Waals surface area contributed by atoms with E-state index in [4.69, 9.17) is 15.2 Å². The van der Waals surface area contributed by atoms with Gasteiger partial charge >= 0.3 is 12.1 Å². The van der Waals surface area contributed by atoms with Gasteiger partial charge in [-0.2, -0.15) is 0 Å². The van der Waals surface area contributed by atoms with E-state index in [0.29, 0.717) is 43.1 Å². The van der Waals surface area contributed by atoms with E-state index in [-0.39, 0.29) is 12.1 Å². The number of carbonyl (C=O) groups is 2. The monoisotopic (exact) mass is 340 g/mol. The van der Waals surface area contributed by atoms with Crippen LogP contribution in [0.4, 0.5) is 9.80 Å². The van der Waals surface area contributed by atoms with Gasteiger partial charge in [0.25, 0.3) is 0 Å². The molecule has 1 aliphatic heterocycles. The lowest BCUT2D eigenvalue weighted by Crippen LogP contribution is -2.38. The van der Waals surface area contributed by atoms with E-state index in [0.717, 1.165) is 10.4 Å². The van der Waals surface area contributed by atoms with Crippen LogP contribution in [-0.4, -0.2) is 42.3 Å². The Kier molecular flexibility index (Phi) is 5.19. The van der Waals surface area contributed by atoms with Crippen LogP contribution >= 0.6 is 11.3 Å². The number of carbonyl (C=O) groups excluding carboxylic acids is 2. The molecule has 0 atom stereocenters. The minimum Gasteiger partial charge on any atom is -0.462 e. The normalized spacial score (nSPS) is 14.9. The van der Waals surface area contributed by atoms with Crippen LogP contribution in [0.1, 0.15) is 48.5 Å². The Balaban J connectivity index is 2.15. The molecule has 0 unspecified atom stereocenters. The molecule has 1 aromatic rings. The SMILES string of the molecule is CCOC(=O)c1c(N)sc2c1CCN(C(=O)OC(C)(C)C)CC2. The lowest BCUT2D eigenvalue weighted by atomic mass is 10.1. The second-order valence-electron chi connectivity index (χ2n) is 6.43. The zero-order chi connectivity index (χ0) is 17.2. The molecule has 7 heteroatoms. The highest BCUT2D eigenvalue weighted by Gasteiger charge is 2.29. The summed E-state index contributed by atoms with van der Waals surface area (Å²) in [5.41, 5.74) is 6.86. The highest BCUT2D eigenvalue weighted by molar-refractivity contribution is 7.16. The van der Waals surface area contributed by atoms with Crippen LogP contribution < -0.4 is 5.73 Å². The van der Waals surface area contributed by atoms with Gasteiger partial charge in [0, 0.05) is 18.0 Å². The van der Waals surface area contributed by atoms with Gasteiger partial charge in [-0.15, -0.1) is 11.3 Å². The quantitative estimate of drug-likeness (QED) is 0.837. The number of anilines is 1. The number of hydrogen-bond acceptors (Lipinski definition) is 6. The van der Waals surface area contributed by atoms with E-state index in [1.165, 1.54) is 11.3 Å². The van der Waals surface area contributed by atoms with Crippen LogP contribution in [-0.2, 0) is 22.3 Å². The molecule has 0 bridgehead atoms. The van der Waals surface area contributed by atoms with Crippen molar-refractivity contribution in [3.8, 4) is 0 Å². The van der Waals surface area contributed by atoms with Crippen molar-refractivity contribution in [2.24, 2.45) is 0 Å². The average molecular weight is 340 g/mol. The maximum atomic E-state index is 12.2. The van der Waals surface area contributed by atoms with Gasteiger partial charge in [-0.1, -0.05) is 0 Å². The summed E-state index contributed by atoms with van der Waals surface area (Å²) >= 11 is 1.41. The molecule has 0 spiro atoms. The lowest BCUT2D eigenvalue weighted by Gasteiger charge is -2.26. The van der Waals surface area contributed by atoms with E-state index in [2.05, 4.69) is 0 Å². The maximum absolute atomic E-state index is 12.2. The zero-order valence-corrected chi connectivity index (χ0v) is 14.9. The number of ether oxygens (including phenoxy) is 2. The van der Waals surface area contributed by atoms with Gasteiger partial charge in [0.2, 0.25) is 0 Å². The second kappa shape index (κ2) is 6.78. The van der Waals surface area contributed by atoms with Gasteiger partial charge in [0.05, 0.1) is 12.2 Å². The first-order valence-electron chi connectivity index (χ1n) is 7.78. The first-order chi connectivity index (χ1) is 10.7. The number of amides is 1. The van der Waals surface area contributed by atoms with E-state index < -0.39 is 5.60 Å². The molecule has 128 valence electrons. The number of nitrogens with zero attached hydrogens (tertiary/aromatic N) is 1. The number of nitrogen functional groups attached to an aromatic ring is 1. The molecule has 23 heavy (non-hydrogen) atoms. The predicted octanol–water partition coefficient (Wildman–Crippen LogP) is 2.84. The Morgan fingerprint density at radius 1 is 1.26 bits per heavy atom. The Morgan fingerprint density at radius 3 is 2.52 bits per heavy atom. The molecule has 2 N–H and O–H groups in total. The Hall–Kier alpha value is -1.76. The van der Waals surface area contributed by atoms with Crippen LogP contribution in [0, 0.1) is 0 Å². The summed E-state index contributed by atoms with van der Waals surface area (Å²) in [6.07, 6.45) is 0.928. The van der Waals surface area contributed by atoms with Gasteiger partial charge in [-0.05, 0) is 46.1 Å². The third-order valence-electron chi connectivity index (χ3n) is 3.49. The van der Waals surface area contributed by atoms with Crippen molar-refractivity contribution in [2.45, 2.75) is 46.1 Å². The fourth-order valence-electron chi connectivity index (χ4n) is 2.53. The molecular formula is C16H24N2O4S. The highest BCUT2D eigenvalue weighted by atomic mass is 32.1. The summed E-state index contributed by atoms with van der Waals surface area (Å²) in [7, 11) is 0. The molecule has 2 heterocycles. The maximum Gasteiger partial charge on any atom is 0.410 e. The molecule has 1 amide bonds. The zero-order valence-electron chi connectivity index (χ0n) is 14.1. The molecule has 0 aliphatic carbocycles. The summed E-state index contributed by atoms with van der Waals surface area (Å²) in [5.74, 6) is -0.381. The summed E-state index contributed by atoms with van der Waals surface area (Å²) in [6.45, 7) is 8.68. The number of hydrogen-bond donors (Lipinski definition) is 1. The van der Waals surface area contributed by atoms with Gasteiger partial charge in [0.15, 0.2) is 0 Å². The highest BCUT2D eigenvalue weighted by Crippen LogP contribution is 2.34. The first kappa shape index (κ1) is 17.6. The topological polar surface area (TPSA) is 81.9 Å². The van der Waals surface area contributed by atoms with Gasteiger partial charge in [-0.3, -0.25) is 0 Å². The molecule has 0 aromatic carbocycles. The van der Waals surface area contributed by atoms with Gasteiger partial charge < -0.3 is 20.1 Å². The molecular weight excluding hydrogens is 316 g/mol. The van der Waals surface area contributed by atoms with Crippen molar-refractivity contribution in [1.29, 1.82) is 0 Å². The predicted molar refractivity (Wildman–Crippen MR) is 89.9 cm³/mol. The van der Waals surface area contributed by atoms with Crippen LogP contribution in [0.2, 0.25) is 0 Å². The molecule has 6 nitrogen and oxygen atoms in total. The minimum atomic E-state index is -0.519. The minimum absolute atomic E-state index is 0.312. The van der Waals surface area contributed by atoms with E-state index in [1.54, 1.807) is 11.8 Å². The molecule has 0 saturated carbocycles. The van der Waals surface area contributed by atoms with Crippen molar-refractivity contribution in [1.82, 2.24) is 4.90 Å². The van der Waals surface area contributed by atoms with E-state index >= 15 is 0 Å². The van der Waals surface area contributed by atoms with Crippen LogP contribution in [0.3, 0.4) is 0 Å². The van der Waals surface area contributed by atoms with Crippen molar-refractivity contribution in [3.63, 3.8) is 0 Å². The fourth-order valence-corrected chi connectivity index (χ4v) is 3.63. The Labute approximate surface area is 140 Å². The smallest absolute Gasteiger partial charge is 0.410 e. The summed E-state index contributed by atoms with van der Waals surface area (Å²) in [5, 5.41) is 0.499. The van der Waals surface area contributed by atoms with Crippen molar-refractivity contribution in [3.05, 3.63) is 16.0 Å². The van der Waals surface area contributed by atoms with E-state index in [9.17, 15) is 9.59 Å². The summed E-state index contributed by atoms with van der Waals surface area (Å²) in [4.78, 5) is 27.1. The second-order valence-corrected chi connectivity index (χ2v) is 7.57. The van der Waals surface area contributed by atoms with Gasteiger partial charge in [-0.25, -0.2) is 9.59 Å². The fraction of sp³-hybridized carbons (Fsp3) is 0.625. The standard InChI is InChI=1S/C16H24N2O4S/c1-5-21-14(19)12-10-6-8-18(15(20)22-16(2,3)4)9-7-11(10)23-13(12)17/h5-9,17H2,1-4H3. The molecule has 0 fully saturated rings. The molecule has 1 aromatic heterocycles.